The van der Waals surface area contributed by atoms with Gasteiger partial charge in [-0.15, -0.1) is 0 Å². The third-order valence-electron chi connectivity index (χ3n) is 4.93. The van der Waals surface area contributed by atoms with E-state index in [1.807, 2.05) is 24.3 Å². The highest BCUT2D eigenvalue weighted by atomic mass is 16.4. The van der Waals surface area contributed by atoms with Crippen LogP contribution in [-0.2, 0) is 25.6 Å². The van der Waals surface area contributed by atoms with E-state index in [1.54, 1.807) is 6.20 Å². The molecule has 11 heteroatoms. The fraction of sp³-hybridized carbons (Fsp3) is 0.429. The van der Waals surface area contributed by atoms with Crippen molar-refractivity contribution in [2.75, 3.05) is 19.6 Å². The summed E-state index contributed by atoms with van der Waals surface area (Å²) in [5, 5.41) is 17.3. The van der Waals surface area contributed by atoms with Crippen LogP contribution in [0.15, 0.2) is 30.5 Å². The third kappa shape index (κ3) is 7.36. The first-order valence-electron chi connectivity index (χ1n) is 10.4. The van der Waals surface area contributed by atoms with Gasteiger partial charge in [0.1, 0.15) is 18.6 Å². The van der Waals surface area contributed by atoms with Crippen molar-refractivity contribution in [3.8, 4) is 0 Å². The molecule has 0 spiro atoms. The molecule has 1 heterocycles. The number of unbranched alkanes of at least 4 members (excludes halogenated alkanes) is 1. The van der Waals surface area contributed by atoms with Crippen LogP contribution in [-0.4, -0.2) is 65.5 Å². The fourth-order valence-electron chi connectivity index (χ4n) is 3.30. The number of benzene rings is 1. The molecule has 0 fully saturated rings. The molecule has 0 saturated heterocycles. The molecular weight excluding hydrogens is 416 g/mol. The number of H-pyrrole nitrogens is 1. The van der Waals surface area contributed by atoms with Crippen LogP contribution in [0.3, 0.4) is 0 Å². The molecule has 1 aromatic heterocycles. The number of aromatic amines is 1. The van der Waals surface area contributed by atoms with E-state index in [-0.39, 0.29) is 13.0 Å². The highest BCUT2D eigenvalue weighted by molar-refractivity contribution is 5.94. The number of rotatable bonds is 13. The molecule has 2 aromatic rings. The molecule has 0 bridgehead atoms. The standard InChI is InChI=1S/C21H30N6O5/c22-8-4-3-7-16(26-18(28)10-23)21(32)27-17(20(31)25-12-19(29)30)9-13-11-24-15-6-2-1-5-14(13)15/h1-2,5-6,11,16-17,24H,3-4,7-10,12,22-23H2,(H,25,31)(H,26,28)(H,27,32)(H,29,30). The highest BCUT2D eigenvalue weighted by Crippen LogP contribution is 2.19. The van der Waals surface area contributed by atoms with E-state index in [4.69, 9.17) is 16.6 Å². The number of carbonyl (C=O) groups excluding carboxylic acids is 3. The van der Waals surface area contributed by atoms with Crippen molar-refractivity contribution in [2.24, 2.45) is 11.5 Å². The first-order chi connectivity index (χ1) is 15.3. The summed E-state index contributed by atoms with van der Waals surface area (Å²) >= 11 is 0. The number of carbonyl (C=O) groups is 4. The number of fused-ring (bicyclic) bond motifs is 1. The zero-order valence-electron chi connectivity index (χ0n) is 17.7. The molecule has 0 aliphatic rings. The molecule has 2 atom stereocenters. The van der Waals surface area contributed by atoms with Gasteiger partial charge in [-0.2, -0.15) is 0 Å². The van der Waals surface area contributed by atoms with E-state index in [9.17, 15) is 19.2 Å². The molecule has 11 nitrogen and oxygen atoms in total. The number of carboxylic acids is 1. The lowest BCUT2D eigenvalue weighted by Gasteiger charge is -2.23. The number of hydrogen-bond donors (Lipinski definition) is 7. The smallest absolute Gasteiger partial charge is 0.322 e. The highest BCUT2D eigenvalue weighted by Gasteiger charge is 2.27. The largest absolute Gasteiger partial charge is 0.480 e. The van der Waals surface area contributed by atoms with Gasteiger partial charge in [-0.25, -0.2) is 0 Å². The number of carboxylic acid groups (broad SMARTS) is 1. The van der Waals surface area contributed by atoms with Crippen molar-refractivity contribution in [1.29, 1.82) is 0 Å². The molecule has 0 saturated carbocycles. The Balaban J connectivity index is 2.20. The number of hydrogen-bond acceptors (Lipinski definition) is 6. The zero-order chi connectivity index (χ0) is 23.5. The van der Waals surface area contributed by atoms with Crippen LogP contribution in [0, 0.1) is 0 Å². The van der Waals surface area contributed by atoms with Crippen LogP contribution >= 0.6 is 0 Å². The predicted molar refractivity (Wildman–Crippen MR) is 118 cm³/mol. The number of para-hydroxylation sites is 1. The summed E-state index contributed by atoms with van der Waals surface area (Å²) in [6.07, 6.45) is 3.45. The summed E-state index contributed by atoms with van der Waals surface area (Å²) in [6, 6.07) is 5.54. The Hall–Kier alpha value is -3.44. The molecular formula is C21H30N6O5. The Kier molecular flexibility index (Phi) is 9.64. The quantitative estimate of drug-likeness (QED) is 0.191. The van der Waals surface area contributed by atoms with Crippen molar-refractivity contribution in [3.05, 3.63) is 36.0 Å². The number of aromatic nitrogens is 1. The van der Waals surface area contributed by atoms with E-state index in [0.717, 1.165) is 16.5 Å². The molecule has 9 N–H and O–H groups in total. The van der Waals surface area contributed by atoms with Crippen molar-refractivity contribution < 1.29 is 24.3 Å². The van der Waals surface area contributed by atoms with Crippen molar-refractivity contribution in [2.45, 2.75) is 37.8 Å². The predicted octanol–water partition coefficient (Wildman–Crippen LogP) is -1.03. The maximum atomic E-state index is 12.9. The molecule has 3 amide bonds. The average molecular weight is 447 g/mol. The second-order valence-electron chi connectivity index (χ2n) is 7.35. The van der Waals surface area contributed by atoms with E-state index in [2.05, 4.69) is 20.9 Å². The molecule has 0 radical (unpaired) electrons. The van der Waals surface area contributed by atoms with Crippen LogP contribution in [0.1, 0.15) is 24.8 Å². The molecule has 32 heavy (non-hydrogen) atoms. The molecule has 174 valence electrons. The van der Waals surface area contributed by atoms with Crippen LogP contribution in [0.25, 0.3) is 10.9 Å². The Bertz CT molecular complexity index is 944. The average Bonchev–Trinajstić information content (AvgIpc) is 3.19. The minimum atomic E-state index is -1.20. The second kappa shape index (κ2) is 12.4. The number of amides is 3. The van der Waals surface area contributed by atoms with Gasteiger partial charge in [0.2, 0.25) is 17.7 Å². The lowest BCUT2D eigenvalue weighted by molar-refractivity contribution is -0.138. The van der Waals surface area contributed by atoms with Crippen LogP contribution in [0.4, 0.5) is 0 Å². The van der Waals surface area contributed by atoms with Crippen molar-refractivity contribution in [3.63, 3.8) is 0 Å². The van der Waals surface area contributed by atoms with E-state index < -0.39 is 42.3 Å². The van der Waals surface area contributed by atoms with Gasteiger partial charge in [0, 0.05) is 23.5 Å². The topological polar surface area (TPSA) is 192 Å². The van der Waals surface area contributed by atoms with Crippen molar-refractivity contribution >= 4 is 34.6 Å². The number of aliphatic carboxylic acids is 1. The Morgan fingerprint density at radius 3 is 2.44 bits per heavy atom. The van der Waals surface area contributed by atoms with Gasteiger partial charge >= 0.3 is 5.97 Å². The van der Waals surface area contributed by atoms with Gasteiger partial charge in [0.25, 0.3) is 0 Å². The van der Waals surface area contributed by atoms with Crippen molar-refractivity contribution in [1.82, 2.24) is 20.9 Å². The Labute approximate surface area is 185 Å². The molecule has 1 aromatic carbocycles. The van der Waals surface area contributed by atoms with E-state index in [0.29, 0.717) is 25.8 Å². The van der Waals surface area contributed by atoms with Crippen LogP contribution in [0.2, 0.25) is 0 Å². The number of nitrogens with one attached hydrogen (secondary N) is 4. The molecule has 0 aliphatic carbocycles. The Morgan fingerprint density at radius 2 is 1.75 bits per heavy atom. The fourth-order valence-corrected chi connectivity index (χ4v) is 3.30. The second-order valence-corrected chi connectivity index (χ2v) is 7.35. The molecule has 0 aliphatic heterocycles. The van der Waals surface area contributed by atoms with Gasteiger partial charge in [0.05, 0.1) is 6.54 Å². The number of nitrogens with two attached hydrogens (primary N) is 2. The van der Waals surface area contributed by atoms with Crippen LogP contribution in [0.5, 0.6) is 0 Å². The Morgan fingerprint density at radius 1 is 1.00 bits per heavy atom. The summed E-state index contributed by atoms with van der Waals surface area (Å²) < 4.78 is 0. The van der Waals surface area contributed by atoms with Gasteiger partial charge in [0.15, 0.2) is 0 Å². The lowest BCUT2D eigenvalue weighted by Crippen LogP contribution is -2.55. The maximum absolute atomic E-state index is 12.9. The summed E-state index contributed by atoms with van der Waals surface area (Å²) in [4.78, 5) is 51.4. The van der Waals surface area contributed by atoms with Gasteiger partial charge < -0.3 is 37.5 Å². The summed E-state index contributed by atoms with van der Waals surface area (Å²) in [5.41, 5.74) is 12.5. The molecule has 2 unspecified atom stereocenters. The van der Waals surface area contributed by atoms with Gasteiger partial charge in [-0.1, -0.05) is 18.2 Å². The van der Waals surface area contributed by atoms with E-state index >= 15 is 0 Å². The summed E-state index contributed by atoms with van der Waals surface area (Å²) in [5.74, 6) is -2.90. The van der Waals surface area contributed by atoms with Gasteiger partial charge in [-0.3, -0.25) is 19.2 Å². The third-order valence-corrected chi connectivity index (χ3v) is 4.93. The first-order valence-corrected chi connectivity index (χ1v) is 10.4. The SMILES string of the molecule is NCCCCC(NC(=O)CN)C(=O)NC(Cc1c[nH]c2ccccc12)C(=O)NCC(=O)O. The van der Waals surface area contributed by atoms with E-state index in [1.165, 1.54) is 0 Å². The minimum Gasteiger partial charge on any atom is -0.480 e. The van der Waals surface area contributed by atoms with Crippen LogP contribution < -0.4 is 27.4 Å². The zero-order valence-corrected chi connectivity index (χ0v) is 17.7. The van der Waals surface area contributed by atoms with Gasteiger partial charge in [-0.05, 0) is 37.4 Å². The first kappa shape index (κ1) is 24.8. The lowest BCUT2D eigenvalue weighted by atomic mass is 10.0. The summed E-state index contributed by atoms with van der Waals surface area (Å²) in [7, 11) is 0. The minimum absolute atomic E-state index is 0.127. The normalized spacial score (nSPS) is 12.7. The maximum Gasteiger partial charge on any atom is 0.322 e. The monoisotopic (exact) mass is 446 g/mol. The molecule has 2 rings (SSSR count). The summed E-state index contributed by atoms with van der Waals surface area (Å²) in [6.45, 7) is -0.415.